The average Bonchev–Trinajstić information content (AvgIpc) is 2.58. The molecule has 0 saturated carbocycles. The molecule has 0 aliphatic heterocycles. The van der Waals surface area contributed by atoms with Gasteiger partial charge in [0.05, 0.1) is 45.9 Å². The lowest BCUT2D eigenvalue weighted by molar-refractivity contribution is 0.319. The third kappa shape index (κ3) is 4.89. The molecular formula is C16H20N2O7S2. The van der Waals surface area contributed by atoms with Crippen molar-refractivity contribution in [1.29, 1.82) is 0 Å². The Balaban J connectivity index is 2.30. The number of hydrogen-bond acceptors (Lipinski definition) is 9. The summed E-state index contributed by atoms with van der Waals surface area (Å²) in [5.74, 6) is -0.585. The van der Waals surface area contributed by atoms with Crippen LogP contribution in [0.2, 0.25) is 0 Å². The Labute approximate surface area is 157 Å². The summed E-state index contributed by atoms with van der Waals surface area (Å²) >= 11 is 0. The smallest absolute Gasteiger partial charge is 0.180 e. The minimum Gasteiger partial charge on any atom is -0.453 e. The Kier molecular flexibility index (Phi) is 6.31. The molecule has 0 saturated heterocycles. The van der Waals surface area contributed by atoms with Crippen LogP contribution in [0.3, 0.4) is 0 Å². The summed E-state index contributed by atoms with van der Waals surface area (Å²) in [6.07, 6.45) is 0. The topological polar surface area (TPSA) is 170 Å². The van der Waals surface area contributed by atoms with Gasteiger partial charge in [0.2, 0.25) is 0 Å². The SMILES string of the molecule is Nc1cc(S(=O)(=O)CCO)ccc1Oc1ccc(S(=O)(=O)CCO)cc1N. The summed E-state index contributed by atoms with van der Waals surface area (Å²) in [6, 6.07) is 7.66. The predicted octanol–water partition coefficient (Wildman–Crippen LogP) is 0.175. The second-order valence-electron chi connectivity index (χ2n) is 5.59. The average molecular weight is 416 g/mol. The highest BCUT2D eigenvalue weighted by Crippen LogP contribution is 2.34. The van der Waals surface area contributed by atoms with E-state index in [1.165, 1.54) is 36.4 Å². The Bertz CT molecular complexity index is 951. The zero-order valence-electron chi connectivity index (χ0n) is 14.2. The molecule has 0 amide bonds. The lowest BCUT2D eigenvalue weighted by atomic mass is 10.2. The first kappa shape index (κ1) is 21.0. The molecule has 0 fully saturated rings. The highest BCUT2D eigenvalue weighted by atomic mass is 32.2. The first-order chi connectivity index (χ1) is 12.6. The van der Waals surface area contributed by atoms with Crippen LogP contribution >= 0.6 is 0 Å². The number of aliphatic hydroxyl groups is 2. The van der Waals surface area contributed by atoms with Gasteiger partial charge in [-0.2, -0.15) is 0 Å². The zero-order chi connectivity index (χ0) is 20.2. The molecule has 9 nitrogen and oxygen atoms in total. The molecule has 0 bridgehead atoms. The van der Waals surface area contributed by atoms with Crippen molar-refractivity contribution in [3.63, 3.8) is 0 Å². The first-order valence-corrected chi connectivity index (χ1v) is 11.1. The molecule has 2 rings (SSSR count). The van der Waals surface area contributed by atoms with Crippen molar-refractivity contribution in [2.24, 2.45) is 0 Å². The van der Waals surface area contributed by atoms with E-state index in [4.69, 9.17) is 26.4 Å². The molecule has 2 aromatic carbocycles. The van der Waals surface area contributed by atoms with E-state index in [2.05, 4.69) is 0 Å². The van der Waals surface area contributed by atoms with Crippen LogP contribution in [0.25, 0.3) is 0 Å². The van der Waals surface area contributed by atoms with Gasteiger partial charge in [-0.1, -0.05) is 0 Å². The summed E-state index contributed by atoms with van der Waals surface area (Å²) in [5.41, 5.74) is 11.7. The van der Waals surface area contributed by atoms with Crippen molar-refractivity contribution in [2.45, 2.75) is 9.79 Å². The Morgan fingerprint density at radius 2 is 1.11 bits per heavy atom. The molecule has 0 radical (unpaired) electrons. The maximum Gasteiger partial charge on any atom is 0.180 e. The molecule has 0 aliphatic carbocycles. The van der Waals surface area contributed by atoms with Crippen LogP contribution in [0.4, 0.5) is 11.4 Å². The summed E-state index contributed by atoms with van der Waals surface area (Å²) < 4.78 is 53.3. The van der Waals surface area contributed by atoms with Gasteiger partial charge in [-0.15, -0.1) is 0 Å². The minimum atomic E-state index is -3.66. The molecular weight excluding hydrogens is 396 g/mol. The van der Waals surface area contributed by atoms with Gasteiger partial charge in [0, 0.05) is 0 Å². The number of ether oxygens (including phenoxy) is 1. The molecule has 0 atom stereocenters. The predicted molar refractivity (Wildman–Crippen MR) is 100 cm³/mol. The van der Waals surface area contributed by atoms with Gasteiger partial charge >= 0.3 is 0 Å². The van der Waals surface area contributed by atoms with E-state index in [1.807, 2.05) is 0 Å². The van der Waals surface area contributed by atoms with Gasteiger partial charge in [-0.05, 0) is 36.4 Å². The third-order valence-electron chi connectivity index (χ3n) is 3.62. The van der Waals surface area contributed by atoms with Crippen molar-refractivity contribution in [3.05, 3.63) is 36.4 Å². The normalized spacial score (nSPS) is 12.1. The van der Waals surface area contributed by atoms with Crippen molar-refractivity contribution >= 4 is 31.0 Å². The van der Waals surface area contributed by atoms with Crippen molar-refractivity contribution in [1.82, 2.24) is 0 Å². The number of sulfone groups is 2. The van der Waals surface area contributed by atoms with Crippen LogP contribution in [-0.4, -0.2) is 51.8 Å². The van der Waals surface area contributed by atoms with E-state index in [9.17, 15) is 16.8 Å². The number of hydrogen-bond donors (Lipinski definition) is 4. The Morgan fingerprint density at radius 3 is 1.41 bits per heavy atom. The largest absolute Gasteiger partial charge is 0.453 e. The van der Waals surface area contributed by atoms with Crippen LogP contribution in [-0.2, 0) is 19.7 Å². The minimum absolute atomic E-state index is 0.0328. The highest BCUT2D eigenvalue weighted by Gasteiger charge is 2.18. The second-order valence-corrected chi connectivity index (χ2v) is 9.80. The van der Waals surface area contributed by atoms with E-state index in [1.54, 1.807) is 0 Å². The molecule has 148 valence electrons. The molecule has 0 aliphatic rings. The zero-order valence-corrected chi connectivity index (χ0v) is 15.8. The Hall–Kier alpha value is -2.34. The van der Waals surface area contributed by atoms with Gasteiger partial charge < -0.3 is 26.4 Å². The fraction of sp³-hybridized carbons (Fsp3) is 0.250. The molecule has 6 N–H and O–H groups in total. The fourth-order valence-corrected chi connectivity index (χ4v) is 4.34. The highest BCUT2D eigenvalue weighted by molar-refractivity contribution is 7.91. The van der Waals surface area contributed by atoms with E-state index >= 15 is 0 Å². The van der Waals surface area contributed by atoms with Gasteiger partial charge in [-0.25, -0.2) is 16.8 Å². The summed E-state index contributed by atoms with van der Waals surface area (Å²) in [4.78, 5) is -0.111. The van der Waals surface area contributed by atoms with Crippen LogP contribution in [0, 0.1) is 0 Å². The van der Waals surface area contributed by atoms with Crippen LogP contribution < -0.4 is 16.2 Å². The quantitative estimate of drug-likeness (QED) is 0.438. The van der Waals surface area contributed by atoms with Gasteiger partial charge in [0.25, 0.3) is 0 Å². The third-order valence-corrected chi connectivity index (χ3v) is 7.01. The second kappa shape index (κ2) is 8.13. The molecule has 0 heterocycles. The number of rotatable bonds is 8. The summed E-state index contributed by atoms with van der Waals surface area (Å²) in [5, 5.41) is 17.6. The number of nitrogens with two attached hydrogens (primary N) is 2. The summed E-state index contributed by atoms with van der Waals surface area (Å²) in [7, 11) is -7.31. The van der Waals surface area contributed by atoms with E-state index in [0.29, 0.717) is 0 Å². The number of benzene rings is 2. The van der Waals surface area contributed by atoms with Gasteiger partial charge in [-0.3, -0.25) is 0 Å². The fourth-order valence-electron chi connectivity index (χ4n) is 2.22. The maximum absolute atomic E-state index is 11.9. The number of aliphatic hydroxyl groups excluding tert-OH is 2. The van der Waals surface area contributed by atoms with Crippen LogP contribution in [0.1, 0.15) is 0 Å². The lowest BCUT2D eigenvalue weighted by Crippen LogP contribution is -2.11. The van der Waals surface area contributed by atoms with E-state index in [-0.39, 0.29) is 32.7 Å². The lowest BCUT2D eigenvalue weighted by Gasteiger charge is -2.13. The van der Waals surface area contributed by atoms with Gasteiger partial charge in [0.15, 0.2) is 31.2 Å². The molecule has 2 aromatic rings. The monoisotopic (exact) mass is 416 g/mol. The maximum atomic E-state index is 11.9. The number of nitrogen functional groups attached to an aromatic ring is 2. The molecule has 27 heavy (non-hydrogen) atoms. The number of anilines is 2. The first-order valence-electron chi connectivity index (χ1n) is 7.75. The van der Waals surface area contributed by atoms with E-state index in [0.717, 1.165) is 0 Å². The van der Waals surface area contributed by atoms with Crippen molar-refractivity contribution in [2.75, 3.05) is 36.2 Å². The molecule has 0 spiro atoms. The standard InChI is InChI=1S/C16H20N2O7S2/c17-13-9-11(26(21,22)7-5-19)1-3-15(13)25-16-4-2-12(10-14(16)18)27(23,24)8-6-20/h1-4,9-10,19-20H,5-8,17-18H2. The van der Waals surface area contributed by atoms with Crippen LogP contribution in [0.15, 0.2) is 46.2 Å². The molecule has 0 aromatic heterocycles. The van der Waals surface area contributed by atoms with E-state index < -0.39 is 44.4 Å². The van der Waals surface area contributed by atoms with Crippen molar-refractivity contribution < 1.29 is 31.8 Å². The Morgan fingerprint density at radius 1 is 0.741 bits per heavy atom. The summed E-state index contributed by atoms with van der Waals surface area (Å²) in [6.45, 7) is -1.02. The molecule has 11 heteroatoms. The van der Waals surface area contributed by atoms with Gasteiger partial charge in [0.1, 0.15) is 0 Å². The molecule has 0 unspecified atom stereocenters. The van der Waals surface area contributed by atoms with Crippen LogP contribution in [0.5, 0.6) is 11.5 Å². The van der Waals surface area contributed by atoms with Crippen molar-refractivity contribution in [3.8, 4) is 11.5 Å².